The standard InChI is InChI=1S/C13H17ClN2O2/c1-13(18)5-2-7-16(8-6-13)12(17)11-4-3-10(14)9-15-11/h3-4,9,18H,2,5-8H2,1H3. The average Bonchev–Trinajstić information content (AvgIpc) is 2.50. The normalized spacial score (nSPS) is 24.7. The van der Waals surface area contributed by atoms with E-state index in [9.17, 15) is 9.90 Å². The molecule has 0 radical (unpaired) electrons. The van der Waals surface area contributed by atoms with Gasteiger partial charge in [0.1, 0.15) is 5.69 Å². The van der Waals surface area contributed by atoms with Gasteiger partial charge < -0.3 is 10.0 Å². The van der Waals surface area contributed by atoms with E-state index < -0.39 is 5.60 Å². The molecule has 4 nitrogen and oxygen atoms in total. The molecule has 0 bridgehead atoms. The lowest BCUT2D eigenvalue weighted by Gasteiger charge is -2.22. The minimum Gasteiger partial charge on any atom is -0.390 e. The Labute approximate surface area is 112 Å². The molecule has 1 atom stereocenters. The molecule has 1 aliphatic rings. The van der Waals surface area contributed by atoms with Crippen LogP contribution in [0.25, 0.3) is 0 Å². The number of amides is 1. The second kappa shape index (κ2) is 5.24. The minimum absolute atomic E-state index is 0.0932. The van der Waals surface area contributed by atoms with Gasteiger partial charge in [0.25, 0.3) is 5.91 Å². The fourth-order valence-corrected chi connectivity index (χ4v) is 2.24. The second-order valence-corrected chi connectivity index (χ2v) is 5.44. The Morgan fingerprint density at radius 3 is 2.89 bits per heavy atom. The molecular formula is C13H17ClN2O2. The fourth-order valence-electron chi connectivity index (χ4n) is 2.13. The van der Waals surface area contributed by atoms with Gasteiger partial charge >= 0.3 is 0 Å². The van der Waals surface area contributed by atoms with Gasteiger partial charge in [-0.05, 0) is 38.3 Å². The van der Waals surface area contributed by atoms with Crippen molar-refractivity contribution in [2.24, 2.45) is 0 Å². The van der Waals surface area contributed by atoms with E-state index in [2.05, 4.69) is 4.98 Å². The van der Waals surface area contributed by atoms with Gasteiger partial charge in [-0.25, -0.2) is 4.98 Å². The summed E-state index contributed by atoms with van der Waals surface area (Å²) in [5.74, 6) is -0.0932. The molecule has 1 fully saturated rings. The Morgan fingerprint density at radius 1 is 1.44 bits per heavy atom. The molecule has 0 aromatic carbocycles. The topological polar surface area (TPSA) is 53.4 Å². The number of carbonyl (C=O) groups excluding carboxylic acids is 1. The van der Waals surface area contributed by atoms with Crippen molar-refractivity contribution in [1.29, 1.82) is 0 Å². The highest BCUT2D eigenvalue weighted by Gasteiger charge is 2.27. The van der Waals surface area contributed by atoms with Gasteiger partial charge in [-0.2, -0.15) is 0 Å². The largest absolute Gasteiger partial charge is 0.390 e. The molecule has 18 heavy (non-hydrogen) atoms. The zero-order valence-corrected chi connectivity index (χ0v) is 11.2. The molecular weight excluding hydrogens is 252 g/mol. The van der Waals surface area contributed by atoms with E-state index >= 15 is 0 Å². The predicted octanol–water partition coefficient (Wildman–Crippen LogP) is 2.11. The predicted molar refractivity (Wildman–Crippen MR) is 69.6 cm³/mol. The molecule has 5 heteroatoms. The van der Waals surface area contributed by atoms with Crippen LogP contribution in [0.2, 0.25) is 5.02 Å². The first-order valence-electron chi connectivity index (χ1n) is 6.11. The van der Waals surface area contributed by atoms with Gasteiger partial charge in [0.15, 0.2) is 0 Å². The third-order valence-corrected chi connectivity index (χ3v) is 3.52. The highest BCUT2D eigenvalue weighted by atomic mass is 35.5. The third kappa shape index (κ3) is 3.21. The summed E-state index contributed by atoms with van der Waals surface area (Å²) in [6, 6.07) is 3.30. The van der Waals surface area contributed by atoms with Crippen LogP contribution in [0.15, 0.2) is 18.3 Å². The van der Waals surface area contributed by atoms with Gasteiger partial charge in [-0.3, -0.25) is 4.79 Å². The molecule has 0 aliphatic carbocycles. The zero-order valence-electron chi connectivity index (χ0n) is 10.4. The van der Waals surface area contributed by atoms with Gasteiger partial charge in [0.05, 0.1) is 10.6 Å². The first kappa shape index (κ1) is 13.3. The number of carbonyl (C=O) groups is 1. The molecule has 1 aromatic heterocycles. The van der Waals surface area contributed by atoms with E-state index in [-0.39, 0.29) is 5.91 Å². The number of likely N-dealkylation sites (tertiary alicyclic amines) is 1. The SMILES string of the molecule is CC1(O)CCCN(C(=O)c2ccc(Cl)cn2)CC1. The summed E-state index contributed by atoms with van der Waals surface area (Å²) in [4.78, 5) is 18.0. The summed E-state index contributed by atoms with van der Waals surface area (Å²) < 4.78 is 0. The number of hydrogen-bond acceptors (Lipinski definition) is 3. The molecule has 0 saturated carbocycles. The maximum Gasteiger partial charge on any atom is 0.272 e. The van der Waals surface area contributed by atoms with Gasteiger partial charge in [-0.15, -0.1) is 0 Å². The number of rotatable bonds is 1. The summed E-state index contributed by atoms with van der Waals surface area (Å²) in [5, 5.41) is 10.5. The van der Waals surface area contributed by atoms with E-state index in [1.165, 1.54) is 6.20 Å². The minimum atomic E-state index is -0.664. The van der Waals surface area contributed by atoms with Gasteiger partial charge in [0, 0.05) is 19.3 Å². The molecule has 1 unspecified atom stereocenters. The van der Waals surface area contributed by atoms with E-state index in [1.807, 2.05) is 6.92 Å². The fraction of sp³-hybridized carbons (Fsp3) is 0.538. The van der Waals surface area contributed by atoms with Crippen LogP contribution in [0.3, 0.4) is 0 Å². The van der Waals surface area contributed by atoms with Crippen LogP contribution < -0.4 is 0 Å². The number of aliphatic hydroxyl groups is 1. The summed E-state index contributed by atoms with van der Waals surface area (Å²) in [6.07, 6.45) is 3.62. The second-order valence-electron chi connectivity index (χ2n) is 5.00. The van der Waals surface area contributed by atoms with Crippen LogP contribution >= 0.6 is 11.6 Å². The quantitative estimate of drug-likeness (QED) is 0.849. The van der Waals surface area contributed by atoms with Crippen LogP contribution in [-0.4, -0.2) is 39.6 Å². The average molecular weight is 269 g/mol. The number of aromatic nitrogens is 1. The molecule has 1 saturated heterocycles. The number of hydrogen-bond donors (Lipinski definition) is 1. The van der Waals surface area contributed by atoms with Crippen molar-refractivity contribution in [3.8, 4) is 0 Å². The van der Waals surface area contributed by atoms with Crippen molar-refractivity contribution in [2.45, 2.75) is 31.8 Å². The molecule has 98 valence electrons. The number of pyridine rings is 1. The van der Waals surface area contributed by atoms with Crippen molar-refractivity contribution >= 4 is 17.5 Å². The maximum atomic E-state index is 12.2. The van der Waals surface area contributed by atoms with Crippen LogP contribution in [0.4, 0.5) is 0 Å². The van der Waals surface area contributed by atoms with Crippen molar-refractivity contribution in [2.75, 3.05) is 13.1 Å². The lowest BCUT2D eigenvalue weighted by molar-refractivity contribution is 0.0437. The van der Waals surface area contributed by atoms with Crippen LogP contribution in [-0.2, 0) is 0 Å². The Bertz CT molecular complexity index is 431. The van der Waals surface area contributed by atoms with Crippen molar-refractivity contribution < 1.29 is 9.90 Å². The highest BCUT2D eigenvalue weighted by molar-refractivity contribution is 6.30. The smallest absolute Gasteiger partial charge is 0.272 e. The lowest BCUT2D eigenvalue weighted by atomic mass is 9.98. The number of nitrogens with zero attached hydrogens (tertiary/aromatic N) is 2. The van der Waals surface area contributed by atoms with Crippen LogP contribution in [0, 0.1) is 0 Å². The molecule has 0 spiro atoms. The Kier molecular flexibility index (Phi) is 3.88. The van der Waals surface area contributed by atoms with E-state index in [4.69, 9.17) is 11.6 Å². The first-order chi connectivity index (χ1) is 8.48. The summed E-state index contributed by atoms with van der Waals surface area (Å²) in [5.41, 5.74) is -0.261. The Balaban J connectivity index is 2.07. The summed E-state index contributed by atoms with van der Waals surface area (Å²) >= 11 is 5.75. The summed E-state index contributed by atoms with van der Waals surface area (Å²) in [6.45, 7) is 3.05. The van der Waals surface area contributed by atoms with E-state index in [0.717, 1.165) is 12.8 Å². The monoisotopic (exact) mass is 268 g/mol. The van der Waals surface area contributed by atoms with Crippen LogP contribution in [0.1, 0.15) is 36.7 Å². The molecule has 2 heterocycles. The Hall–Kier alpha value is -1.13. The maximum absolute atomic E-state index is 12.2. The molecule has 1 aromatic rings. The first-order valence-corrected chi connectivity index (χ1v) is 6.49. The van der Waals surface area contributed by atoms with E-state index in [0.29, 0.717) is 30.2 Å². The number of halogens is 1. The lowest BCUT2D eigenvalue weighted by Crippen LogP contribution is -2.34. The van der Waals surface area contributed by atoms with Crippen molar-refractivity contribution in [3.05, 3.63) is 29.0 Å². The van der Waals surface area contributed by atoms with Crippen molar-refractivity contribution in [3.63, 3.8) is 0 Å². The van der Waals surface area contributed by atoms with E-state index in [1.54, 1.807) is 17.0 Å². The third-order valence-electron chi connectivity index (χ3n) is 3.30. The molecule has 1 amide bonds. The zero-order chi connectivity index (χ0) is 13.2. The van der Waals surface area contributed by atoms with Gasteiger partial charge in [-0.1, -0.05) is 11.6 Å². The highest BCUT2D eigenvalue weighted by Crippen LogP contribution is 2.22. The molecule has 1 aliphatic heterocycles. The van der Waals surface area contributed by atoms with Crippen molar-refractivity contribution in [1.82, 2.24) is 9.88 Å². The molecule has 2 rings (SSSR count). The summed E-state index contributed by atoms with van der Waals surface area (Å²) in [7, 11) is 0. The molecule has 1 N–H and O–H groups in total. The van der Waals surface area contributed by atoms with Crippen LogP contribution in [0.5, 0.6) is 0 Å². The van der Waals surface area contributed by atoms with Gasteiger partial charge in [0.2, 0.25) is 0 Å². The Morgan fingerprint density at radius 2 is 2.22 bits per heavy atom.